The zero-order valence-electron chi connectivity index (χ0n) is 15.2. The fraction of sp³-hybridized carbons (Fsp3) is 0.471. The summed E-state index contributed by atoms with van der Waals surface area (Å²) in [5.74, 6) is -0.523. The summed E-state index contributed by atoms with van der Waals surface area (Å²) in [6.07, 6.45) is 4.30. The van der Waals surface area contributed by atoms with E-state index in [1.807, 2.05) is 6.07 Å². The number of aromatic carboxylic acids is 1. The third kappa shape index (κ3) is 3.53. The molecular formula is C17H22N8O2. The third-order valence-electron chi connectivity index (χ3n) is 4.89. The van der Waals surface area contributed by atoms with E-state index in [9.17, 15) is 9.90 Å². The Balaban J connectivity index is 1.51. The first kappa shape index (κ1) is 17.6. The highest BCUT2D eigenvalue weighted by Crippen LogP contribution is 2.23. The highest BCUT2D eigenvalue weighted by molar-refractivity contribution is 5.96. The molecule has 3 aromatic heterocycles. The summed E-state index contributed by atoms with van der Waals surface area (Å²) in [5.41, 5.74) is 0.717. The van der Waals surface area contributed by atoms with Gasteiger partial charge in [0, 0.05) is 44.3 Å². The van der Waals surface area contributed by atoms with Gasteiger partial charge >= 0.3 is 5.97 Å². The minimum atomic E-state index is -1.15. The summed E-state index contributed by atoms with van der Waals surface area (Å²) in [6, 6.07) is 1.84. The Morgan fingerprint density at radius 2 is 2.11 bits per heavy atom. The molecule has 4 heterocycles. The molecule has 0 unspecified atom stereocenters. The van der Waals surface area contributed by atoms with Crippen LogP contribution in [0.25, 0.3) is 16.6 Å². The Morgan fingerprint density at radius 1 is 1.30 bits per heavy atom. The molecule has 0 aliphatic carbocycles. The molecule has 10 nitrogen and oxygen atoms in total. The van der Waals surface area contributed by atoms with Crippen LogP contribution in [0.5, 0.6) is 0 Å². The van der Waals surface area contributed by atoms with Crippen molar-refractivity contribution in [2.45, 2.75) is 6.42 Å². The van der Waals surface area contributed by atoms with Crippen molar-refractivity contribution >= 4 is 28.3 Å². The van der Waals surface area contributed by atoms with Gasteiger partial charge in [0.25, 0.3) is 0 Å². The molecule has 0 saturated carbocycles. The fourth-order valence-corrected chi connectivity index (χ4v) is 3.31. The first-order valence-corrected chi connectivity index (χ1v) is 9.00. The van der Waals surface area contributed by atoms with E-state index in [1.54, 1.807) is 12.4 Å². The van der Waals surface area contributed by atoms with Crippen molar-refractivity contribution in [1.29, 1.82) is 0 Å². The highest BCUT2D eigenvalue weighted by Gasteiger charge is 2.19. The van der Waals surface area contributed by atoms with Crippen LogP contribution >= 0.6 is 0 Å². The van der Waals surface area contributed by atoms with E-state index >= 15 is 0 Å². The molecule has 0 amide bonds. The molecular weight excluding hydrogens is 348 g/mol. The molecule has 142 valence electrons. The number of hydrogen-bond acceptors (Lipinski definition) is 8. The zero-order chi connectivity index (χ0) is 18.8. The lowest BCUT2D eigenvalue weighted by atomic mass is 10.2. The second-order valence-corrected chi connectivity index (χ2v) is 6.76. The van der Waals surface area contributed by atoms with Gasteiger partial charge in [-0.2, -0.15) is 4.52 Å². The SMILES string of the molecule is CN1CCN(CCCNc2nc3c(C(=O)O)nnn3c3cnccc23)CC1. The number of pyridine rings is 1. The number of anilines is 1. The van der Waals surface area contributed by atoms with Crippen LogP contribution in [-0.4, -0.2) is 92.0 Å². The second kappa shape index (κ2) is 7.41. The monoisotopic (exact) mass is 370 g/mol. The maximum atomic E-state index is 11.4. The number of piperazine rings is 1. The van der Waals surface area contributed by atoms with Crippen molar-refractivity contribution in [2.75, 3.05) is 51.6 Å². The number of carboxylic acids is 1. The van der Waals surface area contributed by atoms with Gasteiger partial charge in [0.05, 0.1) is 11.7 Å². The molecule has 0 aromatic carbocycles. The number of nitrogens with one attached hydrogen (secondary N) is 1. The van der Waals surface area contributed by atoms with Crippen LogP contribution < -0.4 is 5.32 Å². The molecule has 1 aliphatic rings. The molecule has 1 aliphatic heterocycles. The van der Waals surface area contributed by atoms with Crippen molar-refractivity contribution in [2.24, 2.45) is 0 Å². The molecule has 10 heteroatoms. The number of aromatic nitrogens is 5. The summed E-state index contributed by atoms with van der Waals surface area (Å²) in [7, 11) is 2.15. The Kier molecular flexibility index (Phi) is 4.82. The van der Waals surface area contributed by atoms with Crippen LogP contribution in [-0.2, 0) is 0 Å². The fourth-order valence-electron chi connectivity index (χ4n) is 3.31. The van der Waals surface area contributed by atoms with Gasteiger partial charge in [-0.1, -0.05) is 5.21 Å². The maximum Gasteiger partial charge on any atom is 0.360 e. The van der Waals surface area contributed by atoms with Crippen molar-refractivity contribution in [3.8, 4) is 0 Å². The number of carboxylic acid groups (broad SMARTS) is 1. The predicted molar refractivity (Wildman–Crippen MR) is 100 cm³/mol. The van der Waals surface area contributed by atoms with Crippen molar-refractivity contribution in [1.82, 2.24) is 34.6 Å². The molecule has 27 heavy (non-hydrogen) atoms. The summed E-state index contributed by atoms with van der Waals surface area (Å²) < 4.78 is 1.42. The highest BCUT2D eigenvalue weighted by atomic mass is 16.4. The lowest BCUT2D eigenvalue weighted by Crippen LogP contribution is -2.44. The summed E-state index contributed by atoms with van der Waals surface area (Å²) in [4.78, 5) is 24.8. The lowest BCUT2D eigenvalue weighted by Gasteiger charge is -2.32. The Bertz CT molecular complexity index is 964. The number of rotatable bonds is 6. The standard InChI is InChI=1S/C17H22N8O2/c1-23-7-9-24(10-8-23)6-2-4-19-15-12-3-5-18-11-13(12)25-16(20-15)14(17(26)27)21-22-25/h3,5,11H,2,4,6-10H2,1H3,(H,19,20)(H,26,27). The minimum absolute atomic E-state index is 0.166. The van der Waals surface area contributed by atoms with Crippen molar-refractivity contribution < 1.29 is 9.90 Å². The van der Waals surface area contributed by atoms with Gasteiger partial charge in [-0.25, -0.2) is 9.78 Å². The van der Waals surface area contributed by atoms with Gasteiger partial charge in [0.2, 0.25) is 5.69 Å². The van der Waals surface area contributed by atoms with E-state index in [0.717, 1.165) is 51.1 Å². The van der Waals surface area contributed by atoms with Gasteiger partial charge < -0.3 is 20.2 Å². The predicted octanol–water partition coefficient (Wildman–Crippen LogP) is 0.420. The number of likely N-dealkylation sites (N-methyl/N-ethyl adjacent to an activating group) is 1. The topological polar surface area (TPSA) is 112 Å². The Morgan fingerprint density at radius 3 is 2.89 bits per heavy atom. The van der Waals surface area contributed by atoms with E-state index in [1.165, 1.54) is 4.52 Å². The third-order valence-corrected chi connectivity index (χ3v) is 4.89. The maximum absolute atomic E-state index is 11.4. The van der Waals surface area contributed by atoms with E-state index in [-0.39, 0.29) is 11.3 Å². The van der Waals surface area contributed by atoms with Crippen LogP contribution in [0.3, 0.4) is 0 Å². The van der Waals surface area contributed by atoms with E-state index in [4.69, 9.17) is 0 Å². The molecule has 0 spiro atoms. The van der Waals surface area contributed by atoms with Gasteiger partial charge in [-0.3, -0.25) is 4.98 Å². The van der Waals surface area contributed by atoms with Gasteiger partial charge in [-0.15, -0.1) is 5.10 Å². The van der Waals surface area contributed by atoms with Gasteiger partial charge in [-0.05, 0) is 26.1 Å². The Hall–Kier alpha value is -2.85. The number of fused-ring (bicyclic) bond motifs is 3. The summed E-state index contributed by atoms with van der Waals surface area (Å²) >= 11 is 0. The Labute approximate surface area is 155 Å². The number of carbonyl (C=O) groups is 1. The van der Waals surface area contributed by atoms with Crippen LogP contribution in [0.4, 0.5) is 5.82 Å². The summed E-state index contributed by atoms with van der Waals surface area (Å²) in [5, 5.41) is 21.1. The molecule has 1 saturated heterocycles. The molecule has 0 atom stereocenters. The average molecular weight is 370 g/mol. The van der Waals surface area contributed by atoms with Gasteiger partial charge in [0.15, 0.2) is 5.65 Å². The zero-order valence-corrected chi connectivity index (χ0v) is 15.2. The van der Waals surface area contributed by atoms with Crippen LogP contribution in [0.15, 0.2) is 18.5 Å². The van der Waals surface area contributed by atoms with Crippen molar-refractivity contribution in [3.63, 3.8) is 0 Å². The quantitative estimate of drug-likeness (QED) is 0.596. The normalized spacial score (nSPS) is 16.2. The molecule has 0 radical (unpaired) electrons. The number of hydrogen-bond donors (Lipinski definition) is 2. The lowest BCUT2D eigenvalue weighted by molar-refractivity contribution is 0.0692. The minimum Gasteiger partial charge on any atom is -0.476 e. The summed E-state index contributed by atoms with van der Waals surface area (Å²) in [6.45, 7) is 6.18. The smallest absolute Gasteiger partial charge is 0.360 e. The van der Waals surface area contributed by atoms with Crippen LogP contribution in [0.2, 0.25) is 0 Å². The van der Waals surface area contributed by atoms with Crippen LogP contribution in [0.1, 0.15) is 16.9 Å². The van der Waals surface area contributed by atoms with E-state index in [2.05, 4.69) is 42.4 Å². The average Bonchev–Trinajstić information content (AvgIpc) is 3.11. The molecule has 3 aromatic rings. The second-order valence-electron chi connectivity index (χ2n) is 6.76. The van der Waals surface area contributed by atoms with E-state index < -0.39 is 5.97 Å². The van der Waals surface area contributed by atoms with Gasteiger partial charge in [0.1, 0.15) is 5.82 Å². The largest absolute Gasteiger partial charge is 0.476 e. The van der Waals surface area contributed by atoms with Crippen LogP contribution in [0, 0.1) is 0 Å². The van der Waals surface area contributed by atoms with Crippen molar-refractivity contribution in [3.05, 3.63) is 24.2 Å². The first-order chi connectivity index (χ1) is 13.1. The molecule has 4 rings (SSSR count). The molecule has 2 N–H and O–H groups in total. The molecule has 1 fully saturated rings. The number of nitrogens with zero attached hydrogens (tertiary/aromatic N) is 7. The van der Waals surface area contributed by atoms with E-state index in [0.29, 0.717) is 11.3 Å². The first-order valence-electron chi connectivity index (χ1n) is 9.00. The molecule has 0 bridgehead atoms.